The molecule has 1 heterocycles. The number of esters is 1. The third-order valence-electron chi connectivity index (χ3n) is 5.36. The Morgan fingerprint density at radius 1 is 1.00 bits per heavy atom. The molecule has 3 rings (SSSR count). The van der Waals surface area contributed by atoms with Crippen molar-refractivity contribution in [3.63, 3.8) is 0 Å². The molecule has 13 nitrogen and oxygen atoms in total. The zero-order valence-electron chi connectivity index (χ0n) is 22.3. The Hall–Kier alpha value is -3.19. The van der Waals surface area contributed by atoms with Gasteiger partial charge in [0.15, 0.2) is 11.9 Å². The summed E-state index contributed by atoms with van der Waals surface area (Å²) < 4.78 is 51.2. The third-order valence-corrected chi connectivity index (χ3v) is 6.84. The highest BCUT2D eigenvalue weighted by Crippen LogP contribution is 2.45. The van der Waals surface area contributed by atoms with Crippen molar-refractivity contribution in [2.75, 3.05) is 34.5 Å². The average Bonchev–Trinajstić information content (AvgIpc) is 3.25. The first kappa shape index (κ1) is 30.4. The molecule has 214 valence electrons. The van der Waals surface area contributed by atoms with Crippen LogP contribution in [0.3, 0.4) is 0 Å². The molecule has 0 aliphatic carbocycles. The number of para-hydroxylation sites is 1. The van der Waals surface area contributed by atoms with E-state index in [1.54, 1.807) is 69.5 Å². The molecule has 1 saturated heterocycles. The number of benzene rings is 2. The summed E-state index contributed by atoms with van der Waals surface area (Å²) in [5, 5.41) is 2.45. The summed E-state index contributed by atoms with van der Waals surface area (Å²) in [5.74, 6) is -1.12. The van der Waals surface area contributed by atoms with E-state index in [1.807, 2.05) is 0 Å². The second-order valence-electron chi connectivity index (χ2n) is 8.64. The highest BCUT2D eigenvalue weighted by Gasteiger charge is 2.46. The number of hydrogen-bond donors (Lipinski definition) is 2. The number of nitrogens with one attached hydrogen (secondary N) is 2. The maximum Gasteiger partial charge on any atom is 0.459 e. The Labute approximate surface area is 226 Å². The van der Waals surface area contributed by atoms with Crippen molar-refractivity contribution in [2.24, 2.45) is 0 Å². The lowest BCUT2D eigenvalue weighted by atomic mass is 10.2. The molecule has 39 heavy (non-hydrogen) atoms. The number of ether oxygens (including phenoxy) is 5. The fourth-order valence-electron chi connectivity index (χ4n) is 3.52. The molecular weight excluding hydrogens is 535 g/mol. The molecule has 2 aromatic carbocycles. The van der Waals surface area contributed by atoms with Crippen molar-refractivity contribution >= 4 is 19.6 Å². The zero-order valence-corrected chi connectivity index (χ0v) is 23.2. The number of methoxy groups -OCH3 is 3. The fourth-order valence-corrected chi connectivity index (χ4v) is 4.80. The van der Waals surface area contributed by atoms with Crippen molar-refractivity contribution in [1.82, 2.24) is 10.6 Å². The summed E-state index contributed by atoms with van der Waals surface area (Å²) in [7, 11) is 0.128. The summed E-state index contributed by atoms with van der Waals surface area (Å²) in [6.07, 6.45) is -2.17. The van der Waals surface area contributed by atoms with Gasteiger partial charge >= 0.3 is 13.7 Å². The molecule has 0 radical (unpaired) electrons. The summed E-state index contributed by atoms with van der Waals surface area (Å²) >= 11 is 0. The third kappa shape index (κ3) is 8.92. The highest BCUT2D eigenvalue weighted by molar-refractivity contribution is 7.52. The van der Waals surface area contributed by atoms with Gasteiger partial charge in [-0.2, -0.15) is 0 Å². The van der Waals surface area contributed by atoms with Gasteiger partial charge in [0.25, 0.3) is 5.91 Å². The largest absolute Gasteiger partial charge is 0.497 e. The van der Waals surface area contributed by atoms with Crippen molar-refractivity contribution < 1.29 is 51.7 Å². The first-order valence-corrected chi connectivity index (χ1v) is 13.4. The van der Waals surface area contributed by atoms with Crippen molar-refractivity contribution in [1.29, 1.82) is 0 Å². The van der Waals surface area contributed by atoms with Gasteiger partial charge in [-0.3, -0.25) is 19.0 Å². The van der Waals surface area contributed by atoms with Gasteiger partial charge < -0.3 is 28.2 Å². The Morgan fingerprint density at radius 3 is 2.41 bits per heavy atom. The van der Waals surface area contributed by atoms with E-state index in [0.717, 1.165) is 0 Å². The maximum absolute atomic E-state index is 13.4. The zero-order chi connectivity index (χ0) is 28.5. The van der Waals surface area contributed by atoms with Crippen LogP contribution in [0.1, 0.15) is 19.4 Å². The van der Waals surface area contributed by atoms with Crippen LogP contribution in [0.15, 0.2) is 48.5 Å². The van der Waals surface area contributed by atoms with E-state index in [-0.39, 0.29) is 19.0 Å². The average molecular weight is 569 g/mol. The van der Waals surface area contributed by atoms with Gasteiger partial charge in [0.1, 0.15) is 36.5 Å². The lowest BCUT2D eigenvalue weighted by Crippen LogP contribution is -2.42. The normalized spacial score (nSPS) is 19.5. The minimum atomic E-state index is -4.11. The molecule has 0 spiro atoms. The van der Waals surface area contributed by atoms with Gasteiger partial charge in [0.05, 0.1) is 27.9 Å². The van der Waals surface area contributed by atoms with Crippen LogP contribution in [0.2, 0.25) is 0 Å². The minimum Gasteiger partial charge on any atom is -0.497 e. The Kier molecular flexibility index (Phi) is 10.7. The van der Waals surface area contributed by atoms with E-state index in [9.17, 15) is 14.2 Å². The topological polar surface area (TPSA) is 149 Å². The van der Waals surface area contributed by atoms with E-state index in [4.69, 9.17) is 32.8 Å². The number of hydrogen-bond acceptors (Lipinski definition) is 11. The van der Waals surface area contributed by atoms with Crippen LogP contribution in [0, 0.1) is 0 Å². The summed E-state index contributed by atoms with van der Waals surface area (Å²) in [4.78, 5) is 30.0. The smallest absolute Gasteiger partial charge is 0.459 e. The molecule has 3 atom stereocenters. The van der Waals surface area contributed by atoms with E-state index in [0.29, 0.717) is 17.1 Å². The fraction of sp³-hybridized carbons (Fsp3) is 0.440. The van der Waals surface area contributed by atoms with Gasteiger partial charge in [0.2, 0.25) is 0 Å². The second-order valence-corrected chi connectivity index (χ2v) is 10.4. The monoisotopic (exact) mass is 568 g/mol. The lowest BCUT2D eigenvalue weighted by molar-refractivity contribution is -0.163. The van der Waals surface area contributed by atoms with Gasteiger partial charge in [-0.25, -0.2) is 15.1 Å². The Morgan fingerprint density at radius 2 is 1.74 bits per heavy atom. The minimum absolute atomic E-state index is 0.00535. The van der Waals surface area contributed by atoms with Crippen molar-refractivity contribution in [2.45, 2.75) is 38.4 Å². The van der Waals surface area contributed by atoms with Crippen LogP contribution < -0.4 is 24.6 Å². The van der Waals surface area contributed by atoms with Crippen LogP contribution in [0.4, 0.5) is 0 Å². The Bertz CT molecular complexity index is 1160. The maximum atomic E-state index is 13.4. The van der Waals surface area contributed by atoms with E-state index in [1.165, 1.54) is 14.2 Å². The van der Waals surface area contributed by atoms with Crippen LogP contribution >= 0.6 is 7.75 Å². The summed E-state index contributed by atoms with van der Waals surface area (Å²) in [5.41, 5.74) is 3.01. The molecule has 14 heteroatoms. The van der Waals surface area contributed by atoms with Gasteiger partial charge in [0, 0.05) is 11.6 Å². The molecule has 0 bridgehead atoms. The van der Waals surface area contributed by atoms with Crippen LogP contribution in [0.5, 0.6) is 17.2 Å². The molecular formula is C25H33N2O11P. The van der Waals surface area contributed by atoms with Crippen LogP contribution in [-0.2, 0) is 44.3 Å². The first-order chi connectivity index (χ1) is 18.6. The van der Waals surface area contributed by atoms with Gasteiger partial charge in [-0.1, -0.05) is 18.2 Å². The van der Waals surface area contributed by atoms with Crippen molar-refractivity contribution in [3.05, 3.63) is 54.1 Å². The van der Waals surface area contributed by atoms with Crippen LogP contribution in [-0.4, -0.2) is 64.4 Å². The lowest BCUT2D eigenvalue weighted by Gasteiger charge is -2.22. The molecule has 2 aromatic rings. The Balaban J connectivity index is 1.64. The second kappa shape index (κ2) is 13.7. The van der Waals surface area contributed by atoms with E-state index < -0.39 is 44.2 Å². The summed E-state index contributed by atoms with van der Waals surface area (Å²) in [6.45, 7) is 2.40. The predicted octanol–water partition coefficient (Wildman–Crippen LogP) is 2.74. The molecule has 1 aliphatic heterocycles. The molecule has 2 N–H and O–H groups in total. The SMILES string of the molecule is COC(=O)CNP(=O)(OC[C@H]1OC(C)(C)O[C@H]1C(=O)NOCc1ccc(OC)cc1OC)Oc1ccccc1. The first-order valence-electron chi connectivity index (χ1n) is 11.9. The van der Waals surface area contributed by atoms with E-state index in [2.05, 4.69) is 15.3 Å². The van der Waals surface area contributed by atoms with Crippen molar-refractivity contribution in [3.8, 4) is 17.2 Å². The number of rotatable bonds is 14. The highest BCUT2D eigenvalue weighted by atomic mass is 31.2. The molecule has 1 aliphatic rings. The van der Waals surface area contributed by atoms with Gasteiger partial charge in [-0.15, -0.1) is 0 Å². The number of hydroxylamine groups is 1. The molecule has 0 aromatic heterocycles. The van der Waals surface area contributed by atoms with Crippen LogP contribution in [0.25, 0.3) is 0 Å². The standard InChI is InChI=1S/C25H33N2O11P/c1-25(2)36-21(16-35-39(30,26-14-22(28)33-5)38-18-9-7-6-8-10-18)23(37-25)24(29)27-34-15-17-11-12-19(31-3)13-20(17)32-4/h6-13,21,23H,14-16H2,1-5H3,(H,26,30)(H,27,29)/t21-,23-,39?/m1/s1. The number of carbonyl (C=O) groups is 2. The van der Waals surface area contributed by atoms with E-state index >= 15 is 0 Å². The molecule has 0 saturated carbocycles. The molecule has 1 unspecified atom stereocenters. The quantitative estimate of drug-likeness (QED) is 0.196. The molecule has 1 amide bonds. The molecule has 1 fully saturated rings. The van der Waals surface area contributed by atoms with Gasteiger partial charge in [-0.05, 0) is 38.1 Å². The summed E-state index contributed by atoms with van der Waals surface area (Å²) in [6, 6.07) is 13.4. The predicted molar refractivity (Wildman–Crippen MR) is 137 cm³/mol. The number of amides is 1. The number of carbonyl (C=O) groups excluding carboxylic acids is 2.